The fraction of sp³-hybridized carbons (Fsp3) is 0.588. The third-order valence-electron chi connectivity index (χ3n) is 4.65. The lowest BCUT2D eigenvalue weighted by Gasteiger charge is -2.24. The molecular weight excluding hydrogens is 318 g/mol. The van der Waals surface area contributed by atoms with E-state index in [1.165, 1.54) is 6.07 Å². The average Bonchev–Trinajstić information content (AvgIpc) is 3.15. The monoisotopic (exact) mass is 340 g/mol. The molecule has 0 aliphatic carbocycles. The van der Waals surface area contributed by atoms with Crippen LogP contribution in [0.5, 0.6) is 5.75 Å². The Balaban J connectivity index is 1.63. The first kappa shape index (κ1) is 17.0. The molecule has 2 saturated heterocycles. The molecule has 2 aliphatic heterocycles. The number of para-hydroxylation sites is 1. The molecule has 2 N–H and O–H groups in total. The summed E-state index contributed by atoms with van der Waals surface area (Å²) in [6, 6.07) is 5.84. The van der Waals surface area contributed by atoms with Crippen LogP contribution in [0.1, 0.15) is 44.2 Å². The number of nitrogens with one attached hydrogen (secondary N) is 2. The number of carbonyl (C=O) groups excluding carboxylic acids is 1. The van der Waals surface area contributed by atoms with E-state index in [4.69, 9.17) is 4.74 Å². The van der Waals surface area contributed by atoms with Crippen LogP contribution in [-0.4, -0.2) is 30.9 Å². The Kier molecular flexibility index (Phi) is 5.18. The fourth-order valence-electron chi connectivity index (χ4n) is 3.53. The Morgan fingerprint density at radius 1 is 1.38 bits per heavy atom. The molecule has 3 rings (SSSR count). The quantitative estimate of drug-likeness (QED) is 0.835. The standard InChI is InChI=1S/C17H22F2N2O3/c1-2-12(11-5-3-4-6-14(11)24-16(18)19)20-17(22)21-13-9-10-7-8-15(13)23-10/h3-6,10,12-13,15-16H,2,7-9H2,1H3,(H2,20,21,22)/t10-,12+,13-,15-/m1/s1. The van der Waals surface area contributed by atoms with Crippen LogP contribution in [-0.2, 0) is 4.74 Å². The molecule has 2 fully saturated rings. The van der Waals surface area contributed by atoms with E-state index in [-0.39, 0.29) is 30.0 Å². The molecule has 2 heterocycles. The van der Waals surface area contributed by atoms with Gasteiger partial charge in [0.1, 0.15) is 5.75 Å². The zero-order chi connectivity index (χ0) is 17.1. The number of urea groups is 1. The van der Waals surface area contributed by atoms with Crippen LogP contribution >= 0.6 is 0 Å². The Bertz CT molecular complexity index is 585. The van der Waals surface area contributed by atoms with Gasteiger partial charge in [-0.15, -0.1) is 0 Å². The van der Waals surface area contributed by atoms with E-state index in [0.717, 1.165) is 19.3 Å². The topological polar surface area (TPSA) is 59.6 Å². The van der Waals surface area contributed by atoms with E-state index in [0.29, 0.717) is 12.0 Å². The number of hydrogen-bond donors (Lipinski definition) is 2. The van der Waals surface area contributed by atoms with Crippen molar-refractivity contribution in [3.8, 4) is 5.75 Å². The second kappa shape index (κ2) is 7.34. The van der Waals surface area contributed by atoms with Gasteiger partial charge >= 0.3 is 12.6 Å². The van der Waals surface area contributed by atoms with Crippen LogP contribution in [0.4, 0.5) is 13.6 Å². The maximum absolute atomic E-state index is 12.6. The number of amides is 2. The van der Waals surface area contributed by atoms with Crippen LogP contribution in [0.15, 0.2) is 24.3 Å². The molecule has 0 spiro atoms. The van der Waals surface area contributed by atoms with Crippen molar-refractivity contribution in [3.05, 3.63) is 29.8 Å². The summed E-state index contributed by atoms with van der Waals surface area (Å²) in [4.78, 5) is 12.3. The molecule has 7 heteroatoms. The van der Waals surface area contributed by atoms with Crippen LogP contribution < -0.4 is 15.4 Å². The first-order chi connectivity index (χ1) is 11.6. The molecule has 2 amide bonds. The van der Waals surface area contributed by atoms with Gasteiger partial charge in [-0.1, -0.05) is 25.1 Å². The summed E-state index contributed by atoms with van der Waals surface area (Å²) in [7, 11) is 0. The molecule has 24 heavy (non-hydrogen) atoms. The van der Waals surface area contributed by atoms with Crippen molar-refractivity contribution in [3.63, 3.8) is 0 Å². The highest BCUT2D eigenvalue weighted by Crippen LogP contribution is 2.34. The predicted octanol–water partition coefficient (Wildman–Crippen LogP) is 3.36. The lowest BCUT2D eigenvalue weighted by molar-refractivity contribution is -0.0506. The summed E-state index contributed by atoms with van der Waals surface area (Å²) in [5.74, 6) is 0.0860. The van der Waals surface area contributed by atoms with Gasteiger partial charge in [0.2, 0.25) is 0 Å². The largest absolute Gasteiger partial charge is 0.434 e. The number of rotatable bonds is 6. The predicted molar refractivity (Wildman–Crippen MR) is 84.1 cm³/mol. The van der Waals surface area contributed by atoms with Gasteiger partial charge in [-0.25, -0.2) is 4.79 Å². The molecule has 5 nitrogen and oxygen atoms in total. The SMILES string of the molecule is CC[C@H](NC(=O)N[C@@H]1C[C@H]2CC[C@H]1O2)c1ccccc1OC(F)F. The van der Waals surface area contributed by atoms with E-state index < -0.39 is 12.7 Å². The minimum absolute atomic E-state index is 0.0220. The van der Waals surface area contributed by atoms with Crippen LogP contribution in [0.3, 0.4) is 0 Å². The van der Waals surface area contributed by atoms with E-state index in [2.05, 4.69) is 15.4 Å². The van der Waals surface area contributed by atoms with Crippen molar-refractivity contribution in [1.82, 2.24) is 10.6 Å². The van der Waals surface area contributed by atoms with Gasteiger partial charge < -0.3 is 20.1 Å². The molecule has 0 radical (unpaired) electrons. The summed E-state index contributed by atoms with van der Waals surface area (Å²) >= 11 is 0. The zero-order valence-electron chi connectivity index (χ0n) is 13.5. The van der Waals surface area contributed by atoms with Gasteiger partial charge in [0, 0.05) is 5.56 Å². The first-order valence-corrected chi connectivity index (χ1v) is 8.33. The normalized spacial score (nSPS) is 26.4. The summed E-state index contributed by atoms with van der Waals surface area (Å²) in [6.07, 6.45) is 3.76. The van der Waals surface area contributed by atoms with Crippen LogP contribution in [0.2, 0.25) is 0 Å². The van der Waals surface area contributed by atoms with Crippen molar-refractivity contribution in [2.45, 2.75) is 63.5 Å². The third kappa shape index (κ3) is 3.77. The summed E-state index contributed by atoms with van der Waals surface area (Å²) in [6.45, 7) is -1.02. The number of alkyl halides is 2. The number of hydrogen-bond acceptors (Lipinski definition) is 3. The Morgan fingerprint density at radius 3 is 2.79 bits per heavy atom. The molecule has 4 atom stereocenters. The molecular formula is C17H22F2N2O3. The molecule has 2 bridgehead atoms. The highest BCUT2D eigenvalue weighted by Gasteiger charge is 2.41. The minimum atomic E-state index is -2.90. The van der Waals surface area contributed by atoms with Crippen molar-refractivity contribution < 1.29 is 23.0 Å². The van der Waals surface area contributed by atoms with Gasteiger partial charge in [0.25, 0.3) is 0 Å². The van der Waals surface area contributed by atoms with Crippen LogP contribution in [0, 0.1) is 0 Å². The molecule has 0 saturated carbocycles. The van der Waals surface area contributed by atoms with Gasteiger partial charge in [-0.3, -0.25) is 0 Å². The number of ether oxygens (including phenoxy) is 2. The van der Waals surface area contributed by atoms with Crippen LogP contribution in [0.25, 0.3) is 0 Å². The third-order valence-corrected chi connectivity index (χ3v) is 4.65. The first-order valence-electron chi connectivity index (χ1n) is 8.33. The maximum atomic E-state index is 12.6. The Labute approximate surface area is 139 Å². The van der Waals surface area contributed by atoms with Gasteiger partial charge in [-0.05, 0) is 31.7 Å². The zero-order valence-corrected chi connectivity index (χ0v) is 13.5. The highest BCUT2D eigenvalue weighted by atomic mass is 19.3. The lowest BCUT2D eigenvalue weighted by Crippen LogP contribution is -2.47. The molecule has 2 aliphatic rings. The second-order valence-electron chi connectivity index (χ2n) is 6.21. The van der Waals surface area contributed by atoms with Crippen molar-refractivity contribution >= 4 is 6.03 Å². The van der Waals surface area contributed by atoms with E-state index in [1.54, 1.807) is 18.2 Å². The fourth-order valence-corrected chi connectivity index (χ4v) is 3.53. The van der Waals surface area contributed by atoms with E-state index in [9.17, 15) is 13.6 Å². The molecule has 0 aromatic heterocycles. The van der Waals surface area contributed by atoms with Crippen molar-refractivity contribution in [2.75, 3.05) is 0 Å². The summed E-state index contributed by atoms with van der Waals surface area (Å²) < 4.78 is 35.4. The number of benzene rings is 1. The molecule has 132 valence electrons. The van der Waals surface area contributed by atoms with Gasteiger partial charge in [0.05, 0.1) is 24.3 Å². The number of fused-ring (bicyclic) bond motifs is 2. The summed E-state index contributed by atoms with van der Waals surface area (Å²) in [5.41, 5.74) is 0.541. The van der Waals surface area contributed by atoms with Crippen molar-refractivity contribution in [1.29, 1.82) is 0 Å². The maximum Gasteiger partial charge on any atom is 0.387 e. The number of halogens is 2. The van der Waals surface area contributed by atoms with Gasteiger partial charge in [-0.2, -0.15) is 8.78 Å². The second-order valence-corrected chi connectivity index (χ2v) is 6.21. The number of carbonyl (C=O) groups is 1. The summed E-state index contributed by atoms with van der Waals surface area (Å²) in [5, 5.41) is 5.79. The highest BCUT2D eigenvalue weighted by molar-refractivity contribution is 5.75. The van der Waals surface area contributed by atoms with Crippen molar-refractivity contribution in [2.24, 2.45) is 0 Å². The van der Waals surface area contributed by atoms with E-state index in [1.807, 2.05) is 6.92 Å². The Morgan fingerprint density at radius 2 is 2.17 bits per heavy atom. The van der Waals surface area contributed by atoms with Gasteiger partial charge in [0.15, 0.2) is 0 Å². The smallest absolute Gasteiger partial charge is 0.387 e. The molecule has 1 aromatic carbocycles. The Hall–Kier alpha value is -1.89. The minimum Gasteiger partial charge on any atom is -0.434 e. The molecule has 0 unspecified atom stereocenters. The molecule has 1 aromatic rings. The lowest BCUT2D eigenvalue weighted by atomic mass is 9.96. The van der Waals surface area contributed by atoms with E-state index >= 15 is 0 Å². The average molecular weight is 340 g/mol.